The molecule has 1 aliphatic heterocycles. The van der Waals surface area contributed by atoms with Crippen molar-refractivity contribution in [3.05, 3.63) is 23.5 Å². The van der Waals surface area contributed by atoms with Crippen molar-refractivity contribution in [3.63, 3.8) is 0 Å². The van der Waals surface area contributed by atoms with E-state index < -0.39 is 0 Å². The highest BCUT2D eigenvalue weighted by Crippen LogP contribution is 2.31. The van der Waals surface area contributed by atoms with Crippen LogP contribution in [0.4, 0.5) is 0 Å². The third kappa shape index (κ3) is 0.772. The Bertz CT molecular complexity index is 201. The van der Waals surface area contributed by atoms with Crippen LogP contribution in [0.3, 0.4) is 0 Å². The molecule has 1 aliphatic carbocycles. The molecule has 1 heteroatoms. The van der Waals surface area contributed by atoms with Gasteiger partial charge in [-0.05, 0) is 12.0 Å². The monoisotopic (exact) mass is 136 g/mol. The Morgan fingerprint density at radius 2 is 2.50 bits per heavy atom. The summed E-state index contributed by atoms with van der Waals surface area (Å²) in [4.78, 5) is 0. The molecule has 0 aromatic rings. The first-order chi connectivity index (χ1) is 4.88. The fourth-order valence-corrected chi connectivity index (χ4v) is 1.57. The van der Waals surface area contributed by atoms with Crippen molar-refractivity contribution in [2.45, 2.75) is 19.8 Å². The number of hydrogen-bond donors (Lipinski definition) is 0. The largest absolute Gasteiger partial charge is 0.497 e. The van der Waals surface area contributed by atoms with Gasteiger partial charge in [-0.3, -0.25) is 0 Å². The van der Waals surface area contributed by atoms with E-state index in [0.717, 1.165) is 19.4 Å². The van der Waals surface area contributed by atoms with Crippen LogP contribution in [0.15, 0.2) is 23.5 Å². The van der Waals surface area contributed by atoms with Gasteiger partial charge in [0.2, 0.25) is 0 Å². The van der Waals surface area contributed by atoms with Gasteiger partial charge in [-0.2, -0.15) is 0 Å². The molecule has 1 unspecified atom stereocenters. The van der Waals surface area contributed by atoms with Crippen LogP contribution in [0.5, 0.6) is 0 Å². The highest BCUT2D eigenvalue weighted by atomic mass is 16.5. The van der Waals surface area contributed by atoms with Crippen molar-refractivity contribution >= 4 is 0 Å². The smallest absolute Gasteiger partial charge is 0.0998 e. The van der Waals surface area contributed by atoms with Crippen LogP contribution in [0.25, 0.3) is 0 Å². The van der Waals surface area contributed by atoms with Crippen LogP contribution < -0.4 is 0 Å². The zero-order valence-electron chi connectivity index (χ0n) is 6.26. The van der Waals surface area contributed by atoms with Gasteiger partial charge in [-0.25, -0.2) is 0 Å². The van der Waals surface area contributed by atoms with Gasteiger partial charge in [-0.1, -0.05) is 19.1 Å². The first-order valence-electron chi connectivity index (χ1n) is 3.90. The molecule has 0 saturated heterocycles. The zero-order chi connectivity index (χ0) is 6.97. The summed E-state index contributed by atoms with van der Waals surface area (Å²) in [7, 11) is 0. The molecule has 0 saturated carbocycles. The van der Waals surface area contributed by atoms with Crippen molar-refractivity contribution in [1.82, 2.24) is 0 Å². The number of allylic oxidation sites excluding steroid dienone is 3. The van der Waals surface area contributed by atoms with Crippen molar-refractivity contribution in [1.29, 1.82) is 0 Å². The molecule has 0 aromatic carbocycles. The molecule has 0 spiro atoms. The van der Waals surface area contributed by atoms with E-state index in [-0.39, 0.29) is 0 Å². The van der Waals surface area contributed by atoms with E-state index in [0.29, 0.717) is 5.92 Å². The zero-order valence-corrected chi connectivity index (χ0v) is 6.26. The normalized spacial score (nSPS) is 30.3. The fraction of sp³-hybridized carbons (Fsp3) is 0.556. The van der Waals surface area contributed by atoms with Gasteiger partial charge in [0.15, 0.2) is 0 Å². The molecule has 0 amide bonds. The Balaban J connectivity index is 2.30. The number of rotatable bonds is 0. The Kier molecular flexibility index (Phi) is 1.30. The molecule has 1 nitrogen and oxygen atoms in total. The molecule has 0 bridgehead atoms. The topological polar surface area (TPSA) is 9.23 Å². The predicted molar refractivity (Wildman–Crippen MR) is 40.5 cm³/mol. The summed E-state index contributed by atoms with van der Waals surface area (Å²) in [6.07, 6.45) is 6.74. The van der Waals surface area contributed by atoms with Gasteiger partial charge < -0.3 is 4.74 Å². The highest BCUT2D eigenvalue weighted by molar-refractivity contribution is 5.30. The van der Waals surface area contributed by atoms with Gasteiger partial charge in [0.25, 0.3) is 0 Å². The lowest BCUT2D eigenvalue weighted by Crippen LogP contribution is -1.96. The highest BCUT2D eigenvalue weighted by Gasteiger charge is 2.22. The Morgan fingerprint density at radius 3 is 3.30 bits per heavy atom. The van der Waals surface area contributed by atoms with Crippen molar-refractivity contribution in [2.75, 3.05) is 6.61 Å². The van der Waals surface area contributed by atoms with Gasteiger partial charge in [0.05, 0.1) is 12.4 Å². The third-order valence-corrected chi connectivity index (χ3v) is 2.20. The number of ether oxygens (including phenoxy) is 1. The van der Waals surface area contributed by atoms with E-state index in [1.54, 1.807) is 0 Å². The van der Waals surface area contributed by atoms with Crippen LogP contribution in [-0.2, 0) is 4.74 Å². The molecule has 0 aromatic heterocycles. The molecule has 1 heterocycles. The second kappa shape index (κ2) is 2.15. The van der Waals surface area contributed by atoms with E-state index in [1.807, 2.05) is 0 Å². The second-order valence-corrected chi connectivity index (χ2v) is 3.03. The first-order valence-corrected chi connectivity index (χ1v) is 3.90. The third-order valence-electron chi connectivity index (χ3n) is 2.20. The summed E-state index contributed by atoms with van der Waals surface area (Å²) in [5, 5.41) is 0. The maximum atomic E-state index is 5.50. The quantitative estimate of drug-likeness (QED) is 0.496. The molecule has 0 radical (unpaired) electrons. The summed E-state index contributed by atoms with van der Waals surface area (Å²) < 4.78 is 5.50. The van der Waals surface area contributed by atoms with Gasteiger partial charge in [0.1, 0.15) is 0 Å². The van der Waals surface area contributed by atoms with Crippen molar-refractivity contribution < 1.29 is 4.74 Å². The van der Waals surface area contributed by atoms with Crippen LogP contribution in [-0.4, -0.2) is 6.61 Å². The Labute approximate surface area is 61.4 Å². The summed E-state index contributed by atoms with van der Waals surface area (Å²) in [6, 6.07) is 0. The van der Waals surface area contributed by atoms with Gasteiger partial charge >= 0.3 is 0 Å². The maximum absolute atomic E-state index is 5.50. The lowest BCUT2D eigenvalue weighted by atomic mass is 9.97. The van der Waals surface area contributed by atoms with Gasteiger partial charge in [0, 0.05) is 12.3 Å². The summed E-state index contributed by atoms with van der Waals surface area (Å²) in [5.74, 6) is 1.88. The van der Waals surface area contributed by atoms with E-state index in [4.69, 9.17) is 4.74 Å². The predicted octanol–water partition coefficient (Wildman–Crippen LogP) is 2.26. The average molecular weight is 136 g/mol. The SMILES string of the molecule is CC1COC2=C1C=CCC2. The minimum absolute atomic E-state index is 0.631. The standard InChI is InChI=1S/C9H12O/c1-7-6-10-9-5-3-2-4-8(7)9/h2,4,7H,3,5-6H2,1H3. The Hall–Kier alpha value is -0.720. The van der Waals surface area contributed by atoms with E-state index >= 15 is 0 Å². The number of hydrogen-bond acceptors (Lipinski definition) is 1. The lowest BCUT2D eigenvalue weighted by Gasteiger charge is -2.06. The van der Waals surface area contributed by atoms with Crippen LogP contribution in [0, 0.1) is 5.92 Å². The molecule has 1 atom stereocenters. The van der Waals surface area contributed by atoms with Crippen molar-refractivity contribution in [2.24, 2.45) is 5.92 Å². The molecule has 0 N–H and O–H groups in total. The minimum Gasteiger partial charge on any atom is -0.497 e. The van der Waals surface area contributed by atoms with Crippen molar-refractivity contribution in [3.8, 4) is 0 Å². The second-order valence-electron chi connectivity index (χ2n) is 3.03. The fourth-order valence-electron chi connectivity index (χ4n) is 1.57. The lowest BCUT2D eigenvalue weighted by molar-refractivity contribution is 0.215. The summed E-state index contributed by atoms with van der Waals surface area (Å²) in [5.41, 5.74) is 1.44. The molecular weight excluding hydrogens is 124 g/mol. The van der Waals surface area contributed by atoms with Gasteiger partial charge in [-0.15, -0.1) is 0 Å². The summed E-state index contributed by atoms with van der Waals surface area (Å²) in [6.45, 7) is 3.12. The first kappa shape index (κ1) is 6.02. The molecule has 2 rings (SSSR count). The minimum atomic E-state index is 0.631. The summed E-state index contributed by atoms with van der Waals surface area (Å²) >= 11 is 0. The molecule has 54 valence electrons. The van der Waals surface area contributed by atoms with E-state index in [2.05, 4.69) is 19.1 Å². The molecular formula is C9H12O. The molecule has 2 aliphatic rings. The van der Waals surface area contributed by atoms with Crippen LogP contribution in [0.2, 0.25) is 0 Å². The maximum Gasteiger partial charge on any atom is 0.0998 e. The van der Waals surface area contributed by atoms with E-state index in [1.165, 1.54) is 11.3 Å². The van der Waals surface area contributed by atoms with E-state index in [9.17, 15) is 0 Å². The average Bonchev–Trinajstić information content (AvgIpc) is 2.34. The molecule has 0 fully saturated rings. The van der Waals surface area contributed by atoms with Crippen LogP contribution in [0.1, 0.15) is 19.8 Å². The molecule has 10 heavy (non-hydrogen) atoms. The van der Waals surface area contributed by atoms with Crippen LogP contribution >= 0.6 is 0 Å². The Morgan fingerprint density at radius 1 is 1.60 bits per heavy atom.